The number of alkyl halides is 4. The molecule has 32 heavy (non-hydrogen) atoms. The number of hydrogen-bond donors (Lipinski definition) is 0. The fraction of sp³-hybridized carbons (Fsp3) is 0.316. The highest BCUT2D eigenvalue weighted by atomic mass is 32.2. The van der Waals surface area contributed by atoms with Crippen LogP contribution in [-0.4, -0.2) is 46.7 Å². The summed E-state index contributed by atoms with van der Waals surface area (Å²) < 4.78 is 107. The molecule has 0 aliphatic rings. The Balaban J connectivity index is 2.39. The summed E-state index contributed by atoms with van der Waals surface area (Å²) in [6.45, 7) is -4.84. The highest BCUT2D eigenvalue weighted by Gasteiger charge is 2.29. The summed E-state index contributed by atoms with van der Waals surface area (Å²) in [5.41, 5.74) is -4.14. The van der Waals surface area contributed by atoms with Gasteiger partial charge in [0.05, 0.1) is 9.79 Å². The van der Waals surface area contributed by atoms with E-state index in [1.807, 2.05) is 0 Å². The van der Waals surface area contributed by atoms with E-state index in [0.29, 0.717) is 0 Å². The minimum Gasteiger partial charge on any atom is -0.303 e. The maximum Gasteiger partial charge on any atom is 0.346 e. The third-order valence-electron chi connectivity index (χ3n) is 4.31. The van der Waals surface area contributed by atoms with Gasteiger partial charge in [-0.15, -0.1) is 0 Å². The van der Waals surface area contributed by atoms with Crippen LogP contribution in [0.25, 0.3) is 0 Å². The van der Waals surface area contributed by atoms with Crippen molar-refractivity contribution in [1.29, 1.82) is 0 Å². The van der Waals surface area contributed by atoms with Crippen molar-refractivity contribution in [1.82, 2.24) is 0 Å². The molecule has 176 valence electrons. The van der Waals surface area contributed by atoms with E-state index in [9.17, 15) is 39.2 Å². The lowest BCUT2D eigenvalue weighted by atomic mass is 10.0. The normalized spacial score (nSPS) is 14.5. The summed E-state index contributed by atoms with van der Waals surface area (Å²) in [5, 5.41) is 0. The molecule has 0 saturated heterocycles. The van der Waals surface area contributed by atoms with E-state index in [0.717, 1.165) is 38.1 Å². The van der Waals surface area contributed by atoms with Gasteiger partial charge in [-0.3, -0.25) is 4.79 Å². The minimum absolute atomic E-state index is 0.179. The number of ether oxygens (including phenoxy) is 2. The van der Waals surface area contributed by atoms with Crippen molar-refractivity contribution in [2.45, 2.75) is 47.7 Å². The quantitative estimate of drug-likeness (QED) is 0.364. The summed E-state index contributed by atoms with van der Waals surface area (Å²) in [7, 11) is -8.73. The smallest absolute Gasteiger partial charge is 0.303 e. The summed E-state index contributed by atoms with van der Waals surface area (Å²) >= 11 is 0. The molecule has 0 aliphatic heterocycles. The summed E-state index contributed by atoms with van der Waals surface area (Å²) in [6, 6.07) is 8.93. The number of carbonyl (C=O) groups is 1. The summed E-state index contributed by atoms with van der Waals surface area (Å²) in [4.78, 5) is 11.9. The van der Waals surface area contributed by atoms with Crippen LogP contribution in [0.1, 0.15) is 29.8 Å². The first kappa shape index (κ1) is 25.9. The fourth-order valence-corrected chi connectivity index (χ4v) is 4.96. The second kappa shape index (κ2) is 10.1. The molecular weight excluding hydrogens is 480 g/mol. The van der Waals surface area contributed by atoms with Gasteiger partial charge in [0.2, 0.25) is 19.7 Å². The number of sulfone groups is 2. The zero-order valence-electron chi connectivity index (χ0n) is 16.6. The van der Waals surface area contributed by atoms with Crippen LogP contribution in [0.4, 0.5) is 17.6 Å². The first-order valence-corrected chi connectivity index (χ1v) is 12.0. The molecule has 2 aromatic rings. The van der Waals surface area contributed by atoms with E-state index in [-0.39, 0.29) is 11.1 Å². The molecule has 0 spiro atoms. The first-order chi connectivity index (χ1) is 14.8. The van der Waals surface area contributed by atoms with Crippen molar-refractivity contribution in [2.75, 3.05) is 0 Å². The van der Waals surface area contributed by atoms with Gasteiger partial charge in [0.15, 0.2) is 16.7 Å². The average Bonchev–Trinajstić information content (AvgIpc) is 2.72. The van der Waals surface area contributed by atoms with Gasteiger partial charge in [0.25, 0.3) is 0 Å². The molecule has 0 heterocycles. The average molecular weight is 498 g/mol. The van der Waals surface area contributed by atoms with Crippen LogP contribution < -0.4 is 0 Å². The van der Waals surface area contributed by atoms with Gasteiger partial charge in [-0.1, -0.05) is 24.3 Å². The molecule has 0 saturated carbocycles. The zero-order valence-corrected chi connectivity index (χ0v) is 18.2. The molecule has 0 amide bonds. The van der Waals surface area contributed by atoms with Crippen LogP contribution in [0, 0.1) is 0 Å². The van der Waals surface area contributed by atoms with Gasteiger partial charge in [0.1, 0.15) is 0 Å². The van der Waals surface area contributed by atoms with Crippen LogP contribution in [0.15, 0.2) is 58.3 Å². The van der Waals surface area contributed by atoms with Crippen molar-refractivity contribution in [3.8, 4) is 0 Å². The molecule has 2 unspecified atom stereocenters. The number of ketones is 1. The maximum absolute atomic E-state index is 12.8. The lowest BCUT2D eigenvalue weighted by Gasteiger charge is -2.15. The van der Waals surface area contributed by atoms with Crippen molar-refractivity contribution < 1.29 is 48.7 Å². The number of halogens is 4. The second-order valence-corrected chi connectivity index (χ2v) is 10.9. The molecule has 0 N–H and O–H groups in total. The lowest BCUT2D eigenvalue weighted by molar-refractivity contribution is -0.137. The Morgan fingerprint density at radius 2 is 1.06 bits per heavy atom. The van der Waals surface area contributed by atoms with Crippen LogP contribution in [0.5, 0.6) is 0 Å². The Morgan fingerprint density at radius 3 is 1.38 bits per heavy atom. The molecule has 0 bridgehead atoms. The van der Waals surface area contributed by atoms with Crippen LogP contribution in [-0.2, 0) is 29.1 Å². The largest absolute Gasteiger partial charge is 0.346 e. The fourth-order valence-electron chi connectivity index (χ4n) is 2.61. The molecule has 7 nitrogen and oxygen atoms in total. The molecule has 2 rings (SSSR count). The van der Waals surface area contributed by atoms with Crippen molar-refractivity contribution in [3.63, 3.8) is 0 Å². The number of hydrogen-bond acceptors (Lipinski definition) is 7. The Hall–Kier alpha value is -2.35. The molecule has 2 aromatic carbocycles. The van der Waals surface area contributed by atoms with Gasteiger partial charge in [-0.25, -0.2) is 16.8 Å². The van der Waals surface area contributed by atoms with Gasteiger partial charge in [-0.05, 0) is 38.1 Å². The van der Waals surface area contributed by atoms with Gasteiger partial charge in [-0.2, -0.15) is 17.6 Å². The van der Waals surface area contributed by atoms with Gasteiger partial charge >= 0.3 is 13.2 Å². The molecule has 0 fully saturated rings. The third kappa shape index (κ3) is 5.91. The Bertz CT molecular complexity index is 1090. The lowest BCUT2D eigenvalue weighted by Crippen LogP contribution is -2.24. The Labute approximate surface area is 181 Å². The third-order valence-corrected chi connectivity index (χ3v) is 8.10. The Kier molecular flexibility index (Phi) is 8.15. The predicted octanol–water partition coefficient (Wildman–Crippen LogP) is 3.64. The van der Waals surface area contributed by atoms with E-state index >= 15 is 0 Å². The highest BCUT2D eigenvalue weighted by Crippen LogP contribution is 2.24. The number of benzene rings is 2. The van der Waals surface area contributed by atoms with E-state index in [1.165, 1.54) is 24.3 Å². The van der Waals surface area contributed by atoms with Gasteiger partial charge < -0.3 is 9.47 Å². The second-order valence-electron chi connectivity index (χ2n) is 6.40. The van der Waals surface area contributed by atoms with E-state index < -0.39 is 59.3 Å². The standard InChI is InChI=1S/C19H18F4O7S2/c1-11(29-18(20)21)31(25,26)15-7-3-5-13(9-15)17(24)14-6-4-8-16(10-14)32(27,28)12(2)30-19(22)23/h3-12,18-19H,1-2H3. The van der Waals surface area contributed by atoms with Crippen molar-refractivity contribution in [3.05, 3.63) is 59.7 Å². The monoisotopic (exact) mass is 498 g/mol. The number of carbonyl (C=O) groups excluding carboxylic acids is 1. The van der Waals surface area contributed by atoms with Crippen LogP contribution in [0.3, 0.4) is 0 Å². The highest BCUT2D eigenvalue weighted by molar-refractivity contribution is 7.92. The maximum atomic E-state index is 12.8. The molecule has 13 heteroatoms. The SMILES string of the molecule is CC(OC(F)F)S(=O)(=O)c1cccc(C(=O)c2cccc(S(=O)(=O)C(C)OC(F)F)c2)c1. The minimum atomic E-state index is -4.36. The van der Waals surface area contributed by atoms with Crippen LogP contribution >= 0.6 is 0 Å². The van der Waals surface area contributed by atoms with Gasteiger partial charge in [0, 0.05) is 11.1 Å². The predicted molar refractivity (Wildman–Crippen MR) is 104 cm³/mol. The number of rotatable bonds is 10. The first-order valence-electron chi connectivity index (χ1n) is 8.86. The molecular formula is C19H18F4O7S2. The van der Waals surface area contributed by atoms with Crippen LogP contribution in [0.2, 0.25) is 0 Å². The molecule has 2 atom stereocenters. The van der Waals surface area contributed by atoms with E-state index in [4.69, 9.17) is 0 Å². The van der Waals surface area contributed by atoms with E-state index in [2.05, 4.69) is 9.47 Å². The molecule has 0 aliphatic carbocycles. The molecule has 0 radical (unpaired) electrons. The summed E-state index contributed by atoms with van der Waals surface area (Å²) in [6.07, 6.45) is 0. The topological polar surface area (TPSA) is 104 Å². The Morgan fingerprint density at radius 1 is 0.719 bits per heavy atom. The van der Waals surface area contributed by atoms with Crippen molar-refractivity contribution >= 4 is 25.5 Å². The summed E-state index contributed by atoms with van der Waals surface area (Å²) in [5.74, 6) is -0.788. The zero-order chi connectivity index (χ0) is 24.3. The molecule has 0 aromatic heterocycles. The van der Waals surface area contributed by atoms with E-state index in [1.54, 1.807) is 0 Å². The van der Waals surface area contributed by atoms with Crippen molar-refractivity contribution in [2.24, 2.45) is 0 Å².